The fourth-order valence-electron chi connectivity index (χ4n) is 1.64. The van der Waals surface area contributed by atoms with Crippen molar-refractivity contribution >= 4 is 17.5 Å². The molecule has 76 valence electrons. The van der Waals surface area contributed by atoms with Crippen LogP contribution >= 0.6 is 11.6 Å². The van der Waals surface area contributed by atoms with E-state index in [-0.39, 0.29) is 11.8 Å². The van der Waals surface area contributed by atoms with Gasteiger partial charge in [-0.3, -0.25) is 9.69 Å². The summed E-state index contributed by atoms with van der Waals surface area (Å²) in [5.74, 6) is 0.00956. The second-order valence-corrected chi connectivity index (χ2v) is 4.04. The van der Waals surface area contributed by atoms with Crippen molar-refractivity contribution in [1.29, 1.82) is 0 Å². The summed E-state index contributed by atoms with van der Waals surface area (Å²) in [6.07, 6.45) is 1.04. The van der Waals surface area contributed by atoms with Crippen LogP contribution in [0.15, 0.2) is 0 Å². The van der Waals surface area contributed by atoms with Crippen molar-refractivity contribution in [2.75, 3.05) is 19.0 Å². The van der Waals surface area contributed by atoms with Crippen molar-refractivity contribution in [3.05, 3.63) is 0 Å². The summed E-state index contributed by atoms with van der Waals surface area (Å²) in [5, 5.41) is 2.90. The van der Waals surface area contributed by atoms with Crippen LogP contribution in [0.5, 0.6) is 0 Å². The first-order valence-corrected chi connectivity index (χ1v) is 5.26. The largest absolute Gasteiger partial charge is 0.351 e. The van der Waals surface area contributed by atoms with Crippen LogP contribution in [-0.4, -0.2) is 41.9 Å². The van der Waals surface area contributed by atoms with E-state index in [4.69, 9.17) is 11.6 Å². The molecule has 0 aliphatic carbocycles. The van der Waals surface area contributed by atoms with E-state index in [0.29, 0.717) is 12.1 Å². The van der Waals surface area contributed by atoms with Crippen LogP contribution in [0, 0.1) is 0 Å². The minimum atomic E-state index is -0.0581. The van der Waals surface area contributed by atoms with Crippen LogP contribution in [0.4, 0.5) is 0 Å². The number of hydrogen-bond acceptors (Lipinski definition) is 2. The molecule has 0 aromatic rings. The van der Waals surface area contributed by atoms with E-state index < -0.39 is 0 Å². The van der Waals surface area contributed by atoms with E-state index in [1.165, 1.54) is 0 Å². The monoisotopic (exact) mass is 204 g/mol. The van der Waals surface area contributed by atoms with Gasteiger partial charge >= 0.3 is 0 Å². The summed E-state index contributed by atoms with van der Waals surface area (Å²) in [5.41, 5.74) is 0. The summed E-state index contributed by atoms with van der Waals surface area (Å²) >= 11 is 5.40. The topological polar surface area (TPSA) is 32.3 Å². The molecule has 0 bridgehead atoms. The molecule has 1 fully saturated rings. The van der Waals surface area contributed by atoms with Gasteiger partial charge in [0.1, 0.15) is 5.88 Å². The van der Waals surface area contributed by atoms with Gasteiger partial charge in [0.05, 0.1) is 0 Å². The first-order valence-electron chi connectivity index (χ1n) is 4.73. The van der Waals surface area contributed by atoms with Gasteiger partial charge in [-0.25, -0.2) is 0 Å². The van der Waals surface area contributed by atoms with E-state index in [0.717, 1.165) is 19.5 Å². The molecule has 1 rings (SSSR count). The predicted octanol–water partition coefficient (Wildman–Crippen LogP) is 0.824. The number of carbonyl (C=O) groups excluding carboxylic acids is 1. The lowest BCUT2D eigenvalue weighted by molar-refractivity contribution is -0.119. The van der Waals surface area contributed by atoms with Crippen molar-refractivity contribution in [3.63, 3.8) is 0 Å². The van der Waals surface area contributed by atoms with Gasteiger partial charge in [-0.1, -0.05) is 0 Å². The Bertz CT molecular complexity index is 184. The number of hydrogen-bond donors (Lipinski definition) is 1. The average molecular weight is 205 g/mol. The molecule has 1 unspecified atom stereocenters. The van der Waals surface area contributed by atoms with Crippen molar-refractivity contribution in [3.8, 4) is 0 Å². The van der Waals surface area contributed by atoms with Crippen molar-refractivity contribution < 1.29 is 4.79 Å². The lowest BCUT2D eigenvalue weighted by atomic mass is 10.2. The lowest BCUT2D eigenvalue weighted by Gasteiger charge is -2.20. The summed E-state index contributed by atoms with van der Waals surface area (Å²) < 4.78 is 0. The van der Waals surface area contributed by atoms with Gasteiger partial charge in [0, 0.05) is 25.2 Å². The van der Waals surface area contributed by atoms with Gasteiger partial charge in [0.2, 0.25) is 5.91 Å². The molecule has 1 atom stereocenters. The van der Waals surface area contributed by atoms with Crippen LogP contribution in [-0.2, 0) is 4.79 Å². The highest BCUT2D eigenvalue weighted by atomic mass is 35.5. The molecular weight excluding hydrogens is 188 g/mol. The first-order chi connectivity index (χ1) is 6.13. The molecule has 1 aliphatic heterocycles. The van der Waals surface area contributed by atoms with E-state index in [9.17, 15) is 4.79 Å². The number of rotatable bonds is 3. The second-order valence-electron chi connectivity index (χ2n) is 3.78. The van der Waals surface area contributed by atoms with Crippen molar-refractivity contribution in [2.24, 2.45) is 0 Å². The van der Waals surface area contributed by atoms with E-state index in [1.54, 1.807) is 0 Å². The summed E-state index contributed by atoms with van der Waals surface area (Å²) in [6.45, 7) is 6.38. The SMILES string of the molecule is CC(C)N1CCC(NC(=O)CCl)C1. The average Bonchev–Trinajstić information content (AvgIpc) is 2.52. The highest BCUT2D eigenvalue weighted by Crippen LogP contribution is 2.11. The smallest absolute Gasteiger partial charge is 0.235 e. The number of likely N-dealkylation sites (tertiary alicyclic amines) is 1. The Kier molecular flexibility index (Phi) is 4.00. The minimum absolute atomic E-state index is 0.0581. The normalized spacial score (nSPS) is 23.8. The maximum Gasteiger partial charge on any atom is 0.235 e. The quantitative estimate of drug-likeness (QED) is 0.691. The molecule has 13 heavy (non-hydrogen) atoms. The molecule has 0 spiro atoms. The van der Waals surface area contributed by atoms with E-state index >= 15 is 0 Å². The Morgan fingerprint density at radius 3 is 2.85 bits per heavy atom. The predicted molar refractivity (Wildman–Crippen MR) is 54.0 cm³/mol. The van der Waals surface area contributed by atoms with Gasteiger partial charge in [0.15, 0.2) is 0 Å². The van der Waals surface area contributed by atoms with Gasteiger partial charge in [-0.05, 0) is 20.3 Å². The molecular formula is C9H17ClN2O. The van der Waals surface area contributed by atoms with Gasteiger partial charge in [-0.2, -0.15) is 0 Å². The number of nitrogens with one attached hydrogen (secondary N) is 1. The molecule has 0 aromatic carbocycles. The van der Waals surface area contributed by atoms with E-state index in [1.807, 2.05) is 0 Å². The Balaban J connectivity index is 2.29. The van der Waals surface area contributed by atoms with E-state index in [2.05, 4.69) is 24.1 Å². The lowest BCUT2D eigenvalue weighted by Crippen LogP contribution is -2.39. The van der Waals surface area contributed by atoms with Gasteiger partial charge in [-0.15, -0.1) is 11.6 Å². The number of amides is 1. The number of alkyl halides is 1. The Hall–Kier alpha value is -0.280. The fraction of sp³-hybridized carbons (Fsp3) is 0.889. The fourth-order valence-corrected chi connectivity index (χ4v) is 1.72. The standard InChI is InChI=1S/C9H17ClN2O/c1-7(2)12-4-3-8(6-12)11-9(13)5-10/h7-8H,3-6H2,1-2H3,(H,11,13). The minimum Gasteiger partial charge on any atom is -0.351 e. The molecule has 1 saturated heterocycles. The zero-order valence-electron chi connectivity index (χ0n) is 8.22. The molecule has 0 aromatic heterocycles. The molecule has 0 radical (unpaired) electrons. The van der Waals surface area contributed by atoms with Crippen molar-refractivity contribution in [2.45, 2.75) is 32.4 Å². The maximum atomic E-state index is 11.0. The number of halogens is 1. The van der Waals surface area contributed by atoms with Crippen LogP contribution in [0.2, 0.25) is 0 Å². The zero-order valence-corrected chi connectivity index (χ0v) is 8.97. The summed E-state index contributed by atoms with van der Waals surface area (Å²) in [6, 6.07) is 0.867. The van der Waals surface area contributed by atoms with Crippen LogP contribution < -0.4 is 5.32 Å². The highest BCUT2D eigenvalue weighted by Gasteiger charge is 2.24. The molecule has 0 saturated carbocycles. The van der Waals surface area contributed by atoms with Crippen molar-refractivity contribution in [1.82, 2.24) is 10.2 Å². The highest BCUT2D eigenvalue weighted by molar-refractivity contribution is 6.27. The number of carbonyl (C=O) groups is 1. The number of nitrogens with zero attached hydrogens (tertiary/aromatic N) is 1. The van der Waals surface area contributed by atoms with Crippen LogP contribution in [0.25, 0.3) is 0 Å². The molecule has 1 heterocycles. The third kappa shape index (κ3) is 3.16. The van der Waals surface area contributed by atoms with Crippen LogP contribution in [0.3, 0.4) is 0 Å². The first kappa shape index (κ1) is 10.8. The van der Waals surface area contributed by atoms with Gasteiger partial charge < -0.3 is 5.32 Å². The zero-order chi connectivity index (χ0) is 9.84. The third-order valence-electron chi connectivity index (χ3n) is 2.44. The molecule has 1 aliphatic rings. The maximum absolute atomic E-state index is 11.0. The Labute approximate surface area is 84.4 Å². The van der Waals surface area contributed by atoms with Crippen LogP contribution in [0.1, 0.15) is 20.3 Å². The molecule has 4 heteroatoms. The Morgan fingerprint density at radius 1 is 1.69 bits per heavy atom. The summed E-state index contributed by atoms with van der Waals surface area (Å²) in [7, 11) is 0. The Morgan fingerprint density at radius 2 is 2.38 bits per heavy atom. The molecule has 1 amide bonds. The molecule has 1 N–H and O–H groups in total. The third-order valence-corrected chi connectivity index (χ3v) is 2.68. The molecule has 3 nitrogen and oxygen atoms in total. The van der Waals surface area contributed by atoms with Gasteiger partial charge in [0.25, 0.3) is 0 Å². The summed E-state index contributed by atoms with van der Waals surface area (Å²) in [4.78, 5) is 13.3. The second kappa shape index (κ2) is 4.82.